The van der Waals surface area contributed by atoms with E-state index in [1.807, 2.05) is 0 Å². The van der Waals surface area contributed by atoms with Gasteiger partial charge in [0.25, 0.3) is 0 Å². The van der Waals surface area contributed by atoms with Gasteiger partial charge in [-0.1, -0.05) is 11.6 Å². The number of anilines is 2. The van der Waals surface area contributed by atoms with Crippen LogP contribution in [0.3, 0.4) is 0 Å². The number of benzene rings is 3. The minimum atomic E-state index is -1.12. The second-order valence-corrected chi connectivity index (χ2v) is 6.97. The second kappa shape index (κ2) is 9.82. The summed E-state index contributed by atoms with van der Waals surface area (Å²) in [7, 11) is 0. The Morgan fingerprint density at radius 3 is 2.45 bits per heavy atom. The van der Waals surface area contributed by atoms with Crippen LogP contribution in [-0.4, -0.2) is 35.3 Å². The molecule has 3 aromatic rings. The number of hydrogen-bond donors (Lipinski definition) is 3. The van der Waals surface area contributed by atoms with Crippen LogP contribution in [0, 0.1) is 17.5 Å². The Balaban J connectivity index is 1.82. The number of rotatable bonds is 8. The van der Waals surface area contributed by atoms with Gasteiger partial charge in [-0.15, -0.1) is 0 Å². The molecular formula is C22H17ClF3NO4. The molecule has 0 aromatic heterocycles. The molecule has 3 rings (SSSR count). The summed E-state index contributed by atoms with van der Waals surface area (Å²) in [5.41, 5.74) is 0.0431. The molecule has 9 heteroatoms. The molecular weight excluding hydrogens is 435 g/mol. The van der Waals surface area contributed by atoms with Crippen molar-refractivity contribution in [1.82, 2.24) is 0 Å². The fourth-order valence-electron chi connectivity index (χ4n) is 2.68. The molecule has 0 aliphatic carbocycles. The average Bonchev–Trinajstić information content (AvgIpc) is 2.74. The molecule has 0 saturated heterocycles. The zero-order chi connectivity index (χ0) is 22.5. The van der Waals surface area contributed by atoms with Crippen molar-refractivity contribution in [2.24, 2.45) is 0 Å². The number of halogens is 4. The van der Waals surface area contributed by atoms with Crippen molar-refractivity contribution in [1.29, 1.82) is 0 Å². The number of carbonyl (C=O) groups excluding carboxylic acids is 1. The first kappa shape index (κ1) is 22.6. The summed E-state index contributed by atoms with van der Waals surface area (Å²) in [5, 5.41) is 20.9. The number of aliphatic hydroxyl groups excluding tert-OH is 2. The lowest BCUT2D eigenvalue weighted by Crippen LogP contribution is -2.21. The van der Waals surface area contributed by atoms with E-state index >= 15 is 0 Å². The largest absolute Gasteiger partial charge is 0.491 e. The highest BCUT2D eigenvalue weighted by Gasteiger charge is 2.19. The van der Waals surface area contributed by atoms with Gasteiger partial charge < -0.3 is 20.3 Å². The van der Waals surface area contributed by atoms with Gasteiger partial charge in [-0.3, -0.25) is 4.79 Å². The molecule has 1 unspecified atom stereocenters. The molecule has 0 aliphatic heterocycles. The highest BCUT2D eigenvalue weighted by atomic mass is 35.5. The Bertz CT molecular complexity index is 1110. The number of carbonyl (C=O) groups is 1. The molecule has 5 nitrogen and oxygen atoms in total. The van der Waals surface area contributed by atoms with E-state index in [1.54, 1.807) is 0 Å². The second-order valence-electron chi connectivity index (χ2n) is 6.56. The van der Waals surface area contributed by atoms with Crippen molar-refractivity contribution < 1.29 is 32.9 Å². The smallest absolute Gasteiger partial charge is 0.197 e. The number of ether oxygens (including phenoxy) is 1. The number of hydrogen-bond acceptors (Lipinski definition) is 5. The maximum atomic E-state index is 14.3. The van der Waals surface area contributed by atoms with Gasteiger partial charge in [0.1, 0.15) is 35.9 Å². The van der Waals surface area contributed by atoms with Crippen LogP contribution in [0.4, 0.5) is 24.5 Å². The Morgan fingerprint density at radius 2 is 1.77 bits per heavy atom. The van der Waals surface area contributed by atoms with Gasteiger partial charge in [0.15, 0.2) is 5.78 Å². The van der Waals surface area contributed by atoms with E-state index in [2.05, 4.69) is 5.32 Å². The lowest BCUT2D eigenvalue weighted by molar-refractivity contribution is 0.0535. The minimum absolute atomic E-state index is 0.00163. The van der Waals surface area contributed by atoms with Gasteiger partial charge in [-0.05, 0) is 48.5 Å². The van der Waals surface area contributed by atoms with Crippen LogP contribution in [0.15, 0.2) is 54.6 Å². The van der Waals surface area contributed by atoms with Gasteiger partial charge in [-0.2, -0.15) is 0 Å². The summed E-state index contributed by atoms with van der Waals surface area (Å²) in [6, 6.07) is 10.6. The molecule has 0 bridgehead atoms. The third kappa shape index (κ3) is 5.55. The van der Waals surface area contributed by atoms with Crippen molar-refractivity contribution >= 4 is 28.8 Å². The van der Waals surface area contributed by atoms with Crippen LogP contribution >= 0.6 is 11.6 Å². The van der Waals surface area contributed by atoms with Crippen LogP contribution in [0.5, 0.6) is 5.75 Å². The Hall–Kier alpha value is -3.07. The average molecular weight is 452 g/mol. The monoisotopic (exact) mass is 451 g/mol. The van der Waals surface area contributed by atoms with Crippen molar-refractivity contribution in [3.05, 3.63) is 88.2 Å². The van der Waals surface area contributed by atoms with Gasteiger partial charge in [0, 0.05) is 17.3 Å². The number of aliphatic hydroxyl groups is 2. The SMILES string of the molecule is O=C(c1cc(OCC(O)CO)ccc1F)c1ccc(Nc2ccc(F)cc2F)cc1Cl. The topological polar surface area (TPSA) is 78.8 Å². The van der Waals surface area contributed by atoms with E-state index in [1.165, 1.54) is 30.3 Å². The molecule has 1 atom stereocenters. The predicted octanol–water partition coefficient (Wildman–Crippen LogP) is 4.46. The van der Waals surface area contributed by atoms with Crippen molar-refractivity contribution in [2.45, 2.75) is 6.10 Å². The molecule has 0 saturated carbocycles. The van der Waals surface area contributed by atoms with Crippen LogP contribution in [0.2, 0.25) is 5.02 Å². The van der Waals surface area contributed by atoms with E-state index in [-0.39, 0.29) is 34.2 Å². The first-order valence-electron chi connectivity index (χ1n) is 9.06. The van der Waals surface area contributed by atoms with Gasteiger partial charge in [0.2, 0.25) is 0 Å². The highest BCUT2D eigenvalue weighted by molar-refractivity contribution is 6.35. The first-order chi connectivity index (χ1) is 14.8. The van der Waals surface area contributed by atoms with E-state index < -0.39 is 35.9 Å². The maximum absolute atomic E-state index is 14.3. The van der Waals surface area contributed by atoms with E-state index in [4.69, 9.17) is 21.4 Å². The zero-order valence-corrected chi connectivity index (χ0v) is 16.7. The Morgan fingerprint density at radius 1 is 1.00 bits per heavy atom. The normalized spacial score (nSPS) is 11.8. The van der Waals surface area contributed by atoms with Crippen molar-refractivity contribution in [3.8, 4) is 5.75 Å². The van der Waals surface area contributed by atoms with Crippen molar-refractivity contribution in [3.63, 3.8) is 0 Å². The molecule has 0 spiro atoms. The van der Waals surface area contributed by atoms with E-state index in [0.29, 0.717) is 5.69 Å². The molecule has 0 amide bonds. The quantitative estimate of drug-likeness (QED) is 0.441. The lowest BCUT2D eigenvalue weighted by atomic mass is 10.0. The van der Waals surface area contributed by atoms with E-state index in [0.717, 1.165) is 24.3 Å². The predicted molar refractivity (Wildman–Crippen MR) is 110 cm³/mol. The van der Waals surface area contributed by atoms with Gasteiger partial charge in [0.05, 0.1) is 22.9 Å². The van der Waals surface area contributed by atoms with Gasteiger partial charge in [-0.25, -0.2) is 13.2 Å². The molecule has 0 radical (unpaired) electrons. The van der Waals surface area contributed by atoms with E-state index in [9.17, 15) is 23.1 Å². The number of ketones is 1. The summed E-state index contributed by atoms with van der Waals surface area (Å²) in [6.45, 7) is -0.748. The molecule has 162 valence electrons. The lowest BCUT2D eigenvalue weighted by Gasteiger charge is -2.12. The summed E-state index contributed by atoms with van der Waals surface area (Å²) >= 11 is 6.19. The molecule has 31 heavy (non-hydrogen) atoms. The van der Waals surface area contributed by atoms with Crippen LogP contribution in [-0.2, 0) is 0 Å². The molecule has 3 N–H and O–H groups in total. The maximum Gasteiger partial charge on any atom is 0.197 e. The highest BCUT2D eigenvalue weighted by Crippen LogP contribution is 2.28. The summed E-state index contributed by atoms with van der Waals surface area (Å²) < 4.78 is 46.3. The first-order valence-corrected chi connectivity index (χ1v) is 9.44. The molecule has 0 aliphatic rings. The summed E-state index contributed by atoms with van der Waals surface area (Å²) in [5.74, 6) is -2.91. The fourth-order valence-corrected chi connectivity index (χ4v) is 2.95. The van der Waals surface area contributed by atoms with Crippen molar-refractivity contribution in [2.75, 3.05) is 18.5 Å². The standard InChI is InChI=1S/C22H17ClF3NO4/c23-18-8-13(27-21-6-1-12(24)7-20(21)26)2-4-16(18)22(30)17-9-15(3-5-19(17)25)31-11-14(29)10-28/h1-9,14,27-29H,10-11H2. The Kier molecular flexibility index (Phi) is 7.17. The van der Waals surface area contributed by atoms with Crippen LogP contribution in [0.25, 0.3) is 0 Å². The number of nitrogens with one attached hydrogen (secondary N) is 1. The molecule has 3 aromatic carbocycles. The zero-order valence-electron chi connectivity index (χ0n) is 15.9. The third-order valence-corrected chi connectivity index (χ3v) is 4.57. The summed E-state index contributed by atoms with van der Waals surface area (Å²) in [4.78, 5) is 12.8. The Labute approximate surface area is 180 Å². The summed E-state index contributed by atoms with van der Waals surface area (Å²) in [6.07, 6.45) is -1.12. The fraction of sp³-hybridized carbons (Fsp3) is 0.136. The molecule has 0 fully saturated rings. The molecule has 0 heterocycles. The third-order valence-electron chi connectivity index (χ3n) is 4.26. The van der Waals surface area contributed by atoms with Crippen LogP contribution in [0.1, 0.15) is 15.9 Å². The van der Waals surface area contributed by atoms with Gasteiger partial charge >= 0.3 is 0 Å². The van der Waals surface area contributed by atoms with Crippen LogP contribution < -0.4 is 10.1 Å². The minimum Gasteiger partial charge on any atom is -0.491 e.